The average molecular weight is 389 g/mol. The van der Waals surface area contributed by atoms with Gasteiger partial charge in [-0.05, 0) is 28.8 Å². The van der Waals surface area contributed by atoms with Gasteiger partial charge in [0.05, 0.1) is 5.94 Å². The van der Waals surface area contributed by atoms with E-state index in [9.17, 15) is 0 Å². The molecular formula is C22H48OSSi. The first kappa shape index (κ1) is 25.5. The second-order valence-corrected chi connectivity index (χ2v) is 15.2. The van der Waals surface area contributed by atoms with Crippen LogP contribution in [0.2, 0.25) is 16.6 Å². The van der Waals surface area contributed by atoms with Crippen molar-refractivity contribution in [3.8, 4) is 0 Å². The van der Waals surface area contributed by atoms with E-state index in [1.807, 2.05) is 11.8 Å². The van der Waals surface area contributed by atoms with Crippen LogP contribution in [-0.2, 0) is 4.43 Å². The van der Waals surface area contributed by atoms with Crippen LogP contribution in [0.5, 0.6) is 0 Å². The second-order valence-electron chi connectivity index (χ2n) is 8.67. The van der Waals surface area contributed by atoms with Crippen molar-refractivity contribution in [3.05, 3.63) is 0 Å². The molecule has 0 unspecified atom stereocenters. The van der Waals surface area contributed by atoms with Crippen molar-refractivity contribution in [2.24, 2.45) is 0 Å². The molecule has 0 atom stereocenters. The van der Waals surface area contributed by atoms with Crippen LogP contribution >= 0.6 is 11.8 Å². The third kappa shape index (κ3) is 10.4. The quantitative estimate of drug-likeness (QED) is 0.140. The van der Waals surface area contributed by atoms with Crippen LogP contribution in [0.1, 0.15) is 113 Å². The Labute approximate surface area is 165 Å². The van der Waals surface area contributed by atoms with E-state index < -0.39 is 8.32 Å². The van der Waals surface area contributed by atoms with Gasteiger partial charge in [-0.3, -0.25) is 0 Å². The van der Waals surface area contributed by atoms with Crippen molar-refractivity contribution in [3.63, 3.8) is 0 Å². The smallest absolute Gasteiger partial charge is 0.201 e. The van der Waals surface area contributed by atoms with Crippen LogP contribution in [0.4, 0.5) is 0 Å². The summed E-state index contributed by atoms with van der Waals surface area (Å²) in [5, 5.41) is 0. The van der Waals surface area contributed by atoms with Gasteiger partial charge in [0, 0.05) is 0 Å². The molecule has 0 aromatic heterocycles. The van der Waals surface area contributed by atoms with Gasteiger partial charge in [0.15, 0.2) is 0 Å². The summed E-state index contributed by atoms with van der Waals surface area (Å²) in [6.07, 6.45) is 14.2. The van der Waals surface area contributed by atoms with Gasteiger partial charge in [-0.25, -0.2) is 0 Å². The Morgan fingerprint density at radius 1 is 0.640 bits per heavy atom. The fourth-order valence-corrected chi connectivity index (χ4v) is 11.1. The summed E-state index contributed by atoms with van der Waals surface area (Å²) < 4.78 is 6.61. The Kier molecular flexibility index (Phi) is 15.9. The van der Waals surface area contributed by atoms with Crippen molar-refractivity contribution < 1.29 is 4.43 Å². The molecule has 0 rings (SSSR count). The molecule has 152 valence electrons. The monoisotopic (exact) mass is 388 g/mol. The number of unbranched alkanes of at least 4 members (excludes halogenated alkanes) is 9. The van der Waals surface area contributed by atoms with Crippen LogP contribution in [0, 0.1) is 0 Å². The Bertz CT molecular complexity index is 270. The zero-order valence-corrected chi connectivity index (χ0v) is 20.4. The standard InChI is InChI=1S/C22H48OSSi/c1-8-9-10-11-12-13-14-15-16-17-18-24-19-23-25(20(2)3,21(4)5)22(6)7/h20-22H,8-19H2,1-7H3. The molecule has 0 amide bonds. The molecule has 0 fully saturated rings. The van der Waals surface area contributed by atoms with Crippen molar-refractivity contribution in [1.82, 2.24) is 0 Å². The van der Waals surface area contributed by atoms with Gasteiger partial charge in [-0.15, -0.1) is 11.8 Å². The first-order chi connectivity index (χ1) is 11.9. The van der Waals surface area contributed by atoms with E-state index in [1.54, 1.807) is 0 Å². The summed E-state index contributed by atoms with van der Waals surface area (Å²) in [4.78, 5) is 0. The molecule has 0 heterocycles. The van der Waals surface area contributed by atoms with Gasteiger partial charge in [0.2, 0.25) is 8.32 Å². The Hall–Kier alpha value is 0.527. The van der Waals surface area contributed by atoms with Crippen molar-refractivity contribution in [2.45, 2.75) is 129 Å². The molecule has 0 aliphatic carbocycles. The van der Waals surface area contributed by atoms with Gasteiger partial charge >= 0.3 is 0 Å². The molecule has 0 spiro atoms. The van der Waals surface area contributed by atoms with Gasteiger partial charge in [-0.2, -0.15) is 0 Å². The highest BCUT2D eigenvalue weighted by atomic mass is 32.2. The maximum absolute atomic E-state index is 6.61. The maximum Gasteiger partial charge on any atom is 0.201 e. The van der Waals surface area contributed by atoms with Gasteiger partial charge in [-0.1, -0.05) is 106 Å². The van der Waals surface area contributed by atoms with E-state index >= 15 is 0 Å². The highest BCUT2D eigenvalue weighted by molar-refractivity contribution is 7.99. The van der Waals surface area contributed by atoms with E-state index in [4.69, 9.17) is 4.43 Å². The van der Waals surface area contributed by atoms with Crippen LogP contribution in [0.15, 0.2) is 0 Å². The minimum Gasteiger partial charge on any atom is -0.407 e. The van der Waals surface area contributed by atoms with E-state index in [-0.39, 0.29) is 0 Å². The van der Waals surface area contributed by atoms with Gasteiger partial charge < -0.3 is 4.43 Å². The van der Waals surface area contributed by atoms with Crippen molar-refractivity contribution in [2.75, 3.05) is 11.7 Å². The average Bonchev–Trinajstić information content (AvgIpc) is 2.54. The van der Waals surface area contributed by atoms with Gasteiger partial charge in [0.1, 0.15) is 0 Å². The molecule has 0 aromatic carbocycles. The minimum absolute atomic E-state index is 0.699. The molecule has 0 aliphatic heterocycles. The van der Waals surface area contributed by atoms with Crippen molar-refractivity contribution >= 4 is 20.1 Å². The van der Waals surface area contributed by atoms with Crippen LogP contribution in [-0.4, -0.2) is 20.0 Å². The molecule has 0 saturated carbocycles. The Morgan fingerprint density at radius 3 is 1.44 bits per heavy atom. The summed E-state index contributed by atoms with van der Waals surface area (Å²) in [5.41, 5.74) is 2.10. The second kappa shape index (κ2) is 15.6. The van der Waals surface area contributed by atoms with Crippen LogP contribution < -0.4 is 0 Å². The summed E-state index contributed by atoms with van der Waals surface area (Å²) >= 11 is 2.02. The molecule has 0 aromatic rings. The number of hydrogen-bond donors (Lipinski definition) is 0. The summed E-state index contributed by atoms with van der Waals surface area (Å²) in [7, 11) is -1.65. The maximum atomic E-state index is 6.61. The van der Waals surface area contributed by atoms with E-state index in [0.29, 0.717) is 16.6 Å². The molecule has 0 bridgehead atoms. The van der Waals surface area contributed by atoms with E-state index in [2.05, 4.69) is 48.5 Å². The van der Waals surface area contributed by atoms with Crippen molar-refractivity contribution in [1.29, 1.82) is 0 Å². The zero-order chi connectivity index (χ0) is 19.1. The first-order valence-electron chi connectivity index (χ1n) is 11.1. The molecule has 0 N–H and O–H groups in total. The number of hydrogen-bond acceptors (Lipinski definition) is 2. The highest BCUT2D eigenvalue weighted by Gasteiger charge is 2.44. The predicted octanol–water partition coefficient (Wildman–Crippen LogP) is 8.79. The lowest BCUT2D eigenvalue weighted by Gasteiger charge is -2.42. The zero-order valence-electron chi connectivity index (χ0n) is 18.5. The minimum atomic E-state index is -1.65. The molecule has 0 radical (unpaired) electrons. The Balaban J connectivity index is 3.68. The van der Waals surface area contributed by atoms with Crippen LogP contribution in [0.25, 0.3) is 0 Å². The number of thioether (sulfide) groups is 1. The van der Waals surface area contributed by atoms with Gasteiger partial charge in [0.25, 0.3) is 0 Å². The van der Waals surface area contributed by atoms with E-state index in [1.165, 1.54) is 70.0 Å². The molecule has 25 heavy (non-hydrogen) atoms. The summed E-state index contributed by atoms with van der Waals surface area (Å²) in [6.45, 7) is 16.5. The third-order valence-electron chi connectivity index (χ3n) is 5.74. The third-order valence-corrected chi connectivity index (χ3v) is 12.9. The van der Waals surface area contributed by atoms with E-state index in [0.717, 1.165) is 5.94 Å². The lowest BCUT2D eigenvalue weighted by atomic mass is 10.1. The number of rotatable bonds is 17. The highest BCUT2D eigenvalue weighted by Crippen LogP contribution is 2.42. The fraction of sp³-hybridized carbons (Fsp3) is 1.00. The summed E-state index contributed by atoms with van der Waals surface area (Å²) in [6, 6.07) is 0. The largest absolute Gasteiger partial charge is 0.407 e. The molecule has 1 nitrogen and oxygen atoms in total. The lowest BCUT2D eigenvalue weighted by Crippen LogP contribution is -2.47. The SMILES string of the molecule is CCCCCCCCCCCCSCO[Si](C(C)C)(C(C)C)C(C)C. The lowest BCUT2D eigenvalue weighted by molar-refractivity contribution is 0.341. The molecular weight excluding hydrogens is 340 g/mol. The normalized spacial score (nSPS) is 12.7. The fourth-order valence-electron chi connectivity index (χ4n) is 4.39. The predicted molar refractivity (Wildman–Crippen MR) is 121 cm³/mol. The molecule has 0 aliphatic rings. The first-order valence-corrected chi connectivity index (χ1v) is 14.4. The summed E-state index contributed by atoms with van der Waals surface area (Å²) in [5.74, 6) is 2.19. The Morgan fingerprint density at radius 2 is 1.04 bits per heavy atom. The molecule has 3 heteroatoms. The molecule has 0 saturated heterocycles. The topological polar surface area (TPSA) is 9.23 Å². The van der Waals surface area contributed by atoms with Crippen LogP contribution in [0.3, 0.4) is 0 Å².